The van der Waals surface area contributed by atoms with Crippen molar-refractivity contribution < 1.29 is 72.0 Å². The summed E-state index contributed by atoms with van der Waals surface area (Å²) in [5.41, 5.74) is -1.48. The summed E-state index contributed by atoms with van der Waals surface area (Å²) in [7, 11) is 3.11. The minimum absolute atomic E-state index is 0.00695. The molecule has 4 fully saturated rings. The maximum Gasteiger partial charge on any atom is 0.316 e. The van der Waals surface area contributed by atoms with E-state index in [1.54, 1.807) is 33.1 Å². The summed E-state index contributed by atoms with van der Waals surface area (Å²) in [5, 5.41) is 29.6. The average molecular weight is 999 g/mol. The largest absolute Gasteiger partial charge is 0.462 e. The Hall–Kier alpha value is -3.33. The molecule has 0 radical (unpaired) electrons. The van der Waals surface area contributed by atoms with Crippen molar-refractivity contribution in [3.8, 4) is 0 Å². The van der Waals surface area contributed by atoms with Crippen LogP contribution in [0.1, 0.15) is 115 Å². The summed E-state index contributed by atoms with van der Waals surface area (Å²) in [6.45, 7) is 20.9. The number of aliphatic hydroxyl groups is 2. The molecular formula is C54H82N2O15. The van der Waals surface area contributed by atoms with Gasteiger partial charge in [0.25, 0.3) is 5.91 Å². The second-order valence-electron chi connectivity index (χ2n) is 21.5. The molecule has 71 heavy (non-hydrogen) atoms. The Balaban J connectivity index is 1.15. The number of amides is 2. The van der Waals surface area contributed by atoms with E-state index < -0.39 is 114 Å². The number of aliphatic hydroxyl groups excluding tert-OH is 1. The lowest BCUT2D eigenvalue weighted by molar-refractivity contribution is -0.316. The second-order valence-corrected chi connectivity index (χ2v) is 21.5. The van der Waals surface area contributed by atoms with Gasteiger partial charge in [0.05, 0.1) is 49.3 Å². The van der Waals surface area contributed by atoms with Crippen molar-refractivity contribution in [2.75, 3.05) is 20.8 Å². The standard InChI is InChI=1S/C54H82N2O15/c1-14-29(4)47-32(7)20-21-52(71-47)26-39-23-38(70-52)19-18-31(6)46(30(5)16-15-17-37-27-64-49-45(58)33(8)22-40(50(59)67-39)54(37,49)61)68-43-24-41(62-12)48(34(9)65-43)69-44-25-42(63-13)53(35(10)66-44,56-36(11)57)51(60)55-28(2)3/h15-18,20-22,28-30,32,34-35,38-49,58,61H,14,19,23-27H2,1-13H3,(H,55,60)(H,56,57)/b16-15+,31-18+,37-17+/t29?,30?,32-,34-,35-,38+,39-,40-,41-,42-,43-,44-,45+,46-,47+,48-,49+,52+,53-,54+/m0/s1. The molecule has 17 nitrogen and oxygen atoms in total. The van der Waals surface area contributed by atoms with E-state index in [4.69, 9.17) is 47.4 Å². The van der Waals surface area contributed by atoms with Gasteiger partial charge in [-0.3, -0.25) is 14.4 Å². The lowest BCUT2D eigenvalue weighted by atomic mass is 9.71. The lowest BCUT2D eigenvalue weighted by Gasteiger charge is -2.50. The van der Waals surface area contributed by atoms with Gasteiger partial charge in [0.2, 0.25) is 5.91 Å². The van der Waals surface area contributed by atoms with Gasteiger partial charge in [0.1, 0.15) is 35.9 Å². The van der Waals surface area contributed by atoms with Crippen LogP contribution in [0.4, 0.5) is 0 Å². The average Bonchev–Trinajstić information content (AvgIpc) is 3.65. The SMILES string of the molecule is CCC(C)[C@H]1O[C@]2(C=C[C@@H]1C)C[C@@H]1C[C@@H](C/C=C(\C)[C@@H](O[C@H]3C[C@H](OC)[C@@H](O[C@H]4C[C@H](OC)[C@](NC(C)=O)(C(=O)NC(C)C)[C@H](C)O4)[C@H](C)O3)C(C)/C=C/C=C3\CO[C@@H]4[C@H](O)C(C)=C[C@@H](C(=O)O1)[C@]34O)O2. The summed E-state index contributed by atoms with van der Waals surface area (Å²) in [5.74, 6) is -3.54. The molecule has 7 rings (SSSR count). The van der Waals surface area contributed by atoms with Gasteiger partial charge in [-0.15, -0.1) is 0 Å². The summed E-state index contributed by atoms with van der Waals surface area (Å²) < 4.78 is 64.9. The van der Waals surface area contributed by atoms with E-state index in [-0.39, 0.29) is 49.3 Å². The quantitative estimate of drug-likeness (QED) is 0.151. The Morgan fingerprint density at radius 3 is 2.34 bits per heavy atom. The Morgan fingerprint density at radius 2 is 1.66 bits per heavy atom. The van der Waals surface area contributed by atoms with Crippen molar-refractivity contribution in [3.05, 3.63) is 59.3 Å². The van der Waals surface area contributed by atoms with Crippen LogP contribution in [0.25, 0.3) is 0 Å². The molecule has 4 saturated heterocycles. The van der Waals surface area contributed by atoms with Crippen LogP contribution in [-0.2, 0) is 61.8 Å². The third-order valence-electron chi connectivity index (χ3n) is 15.9. The van der Waals surface area contributed by atoms with E-state index in [0.717, 1.165) is 12.0 Å². The Bertz CT molecular complexity index is 2070. The van der Waals surface area contributed by atoms with Crippen molar-refractivity contribution in [1.29, 1.82) is 0 Å². The first kappa shape index (κ1) is 55.4. The first-order chi connectivity index (χ1) is 33.6. The number of esters is 1. The molecule has 1 spiro atoms. The smallest absolute Gasteiger partial charge is 0.316 e. The van der Waals surface area contributed by atoms with Crippen LogP contribution in [0.3, 0.4) is 0 Å². The molecule has 0 aromatic heterocycles. The van der Waals surface area contributed by atoms with Crippen molar-refractivity contribution in [2.24, 2.45) is 23.7 Å². The highest BCUT2D eigenvalue weighted by Gasteiger charge is 2.61. The molecule has 0 saturated carbocycles. The molecule has 6 aliphatic heterocycles. The van der Waals surface area contributed by atoms with Crippen LogP contribution in [0.5, 0.6) is 0 Å². The van der Waals surface area contributed by atoms with Gasteiger partial charge in [-0.25, -0.2) is 0 Å². The first-order valence-electron chi connectivity index (χ1n) is 25.9. The van der Waals surface area contributed by atoms with Gasteiger partial charge >= 0.3 is 5.97 Å². The number of fused-ring (bicyclic) bond motifs is 2. The van der Waals surface area contributed by atoms with Gasteiger partial charge < -0.3 is 68.2 Å². The van der Waals surface area contributed by atoms with E-state index in [1.807, 2.05) is 52.8 Å². The summed E-state index contributed by atoms with van der Waals surface area (Å²) in [6.07, 6.45) is 7.20. The van der Waals surface area contributed by atoms with Crippen LogP contribution in [-0.4, -0.2) is 152 Å². The third-order valence-corrected chi connectivity index (χ3v) is 15.9. The van der Waals surface area contributed by atoms with Gasteiger partial charge in [-0.05, 0) is 76.7 Å². The van der Waals surface area contributed by atoms with Crippen LogP contribution in [0.2, 0.25) is 0 Å². The lowest BCUT2D eigenvalue weighted by Crippen LogP contribution is -2.74. The number of ether oxygens (including phenoxy) is 10. The minimum atomic E-state index is -1.87. The number of hydrogen-bond acceptors (Lipinski definition) is 15. The van der Waals surface area contributed by atoms with E-state index >= 15 is 0 Å². The fraction of sp³-hybridized carbons (Fsp3) is 0.759. The molecule has 2 unspecified atom stereocenters. The number of carbonyl (C=O) groups excluding carboxylic acids is 3. The highest BCUT2D eigenvalue weighted by Crippen LogP contribution is 2.47. The predicted octanol–water partition coefficient (Wildman–Crippen LogP) is 5.42. The van der Waals surface area contributed by atoms with Gasteiger partial charge in [-0.2, -0.15) is 0 Å². The number of allylic oxidation sites excluding steroid dienone is 2. The van der Waals surface area contributed by atoms with Crippen LogP contribution >= 0.6 is 0 Å². The summed E-state index contributed by atoms with van der Waals surface area (Å²) in [4.78, 5) is 40.7. The highest BCUT2D eigenvalue weighted by molar-refractivity contribution is 5.92. The van der Waals surface area contributed by atoms with E-state index in [0.29, 0.717) is 30.4 Å². The first-order valence-corrected chi connectivity index (χ1v) is 25.9. The molecule has 0 aromatic carbocycles. The Kier molecular flexibility index (Phi) is 17.7. The molecule has 1 aliphatic carbocycles. The predicted molar refractivity (Wildman–Crippen MR) is 261 cm³/mol. The molecule has 2 bridgehead atoms. The molecule has 20 atom stereocenters. The van der Waals surface area contributed by atoms with E-state index in [9.17, 15) is 24.6 Å². The van der Waals surface area contributed by atoms with Gasteiger partial charge in [0, 0.05) is 64.7 Å². The molecule has 7 aliphatic rings. The Morgan fingerprint density at radius 1 is 0.930 bits per heavy atom. The number of nitrogens with one attached hydrogen (secondary N) is 2. The van der Waals surface area contributed by atoms with Crippen molar-refractivity contribution in [1.82, 2.24) is 10.6 Å². The maximum absolute atomic E-state index is 14.4. The van der Waals surface area contributed by atoms with E-state index in [1.165, 1.54) is 14.0 Å². The number of hydrogen-bond donors (Lipinski definition) is 4. The zero-order valence-electron chi connectivity index (χ0n) is 44.1. The van der Waals surface area contributed by atoms with E-state index in [2.05, 4.69) is 43.6 Å². The zero-order valence-corrected chi connectivity index (χ0v) is 44.1. The van der Waals surface area contributed by atoms with Crippen molar-refractivity contribution in [2.45, 2.75) is 217 Å². The molecule has 17 heteroatoms. The van der Waals surface area contributed by atoms with Crippen LogP contribution in [0.15, 0.2) is 59.3 Å². The highest BCUT2D eigenvalue weighted by atomic mass is 16.7. The fourth-order valence-electron chi connectivity index (χ4n) is 11.9. The third kappa shape index (κ3) is 11.4. The molecular weight excluding hydrogens is 917 g/mol. The van der Waals surface area contributed by atoms with Crippen molar-refractivity contribution >= 4 is 17.8 Å². The maximum atomic E-state index is 14.4. The van der Waals surface area contributed by atoms with Gasteiger partial charge in [0.15, 0.2) is 23.9 Å². The number of carbonyl (C=O) groups is 3. The molecule has 2 amide bonds. The van der Waals surface area contributed by atoms with Gasteiger partial charge in [-0.1, -0.05) is 70.6 Å². The summed E-state index contributed by atoms with van der Waals surface area (Å²) >= 11 is 0. The monoisotopic (exact) mass is 999 g/mol. The second kappa shape index (κ2) is 22.6. The summed E-state index contributed by atoms with van der Waals surface area (Å²) in [6, 6.07) is -0.194. The van der Waals surface area contributed by atoms with Crippen LogP contribution in [0, 0.1) is 23.7 Å². The van der Waals surface area contributed by atoms with Crippen LogP contribution < -0.4 is 10.6 Å². The zero-order chi connectivity index (χ0) is 51.7. The topological polar surface area (TPSA) is 208 Å². The molecule has 0 aromatic rings. The minimum Gasteiger partial charge on any atom is -0.462 e. The number of rotatable bonds is 11. The van der Waals surface area contributed by atoms with Crippen molar-refractivity contribution in [3.63, 3.8) is 0 Å². The molecule has 398 valence electrons. The normalized spacial score (nSPS) is 45.4. The fourth-order valence-corrected chi connectivity index (χ4v) is 11.9. The number of methoxy groups -OCH3 is 2. The molecule has 4 N–H and O–H groups in total. The Labute approximate surface area is 420 Å². The molecule has 6 heterocycles.